The molecule has 0 atom stereocenters. The Morgan fingerprint density at radius 2 is 1.47 bits per heavy atom. The molecule has 0 radical (unpaired) electrons. The van der Waals surface area contributed by atoms with Gasteiger partial charge in [-0.2, -0.15) is 10.1 Å². The molecule has 36 heavy (non-hydrogen) atoms. The van der Waals surface area contributed by atoms with Gasteiger partial charge in [-0.3, -0.25) is 4.79 Å². The number of carbonyl (C=O) groups is 1. The van der Waals surface area contributed by atoms with Crippen molar-refractivity contribution in [2.45, 2.75) is 6.61 Å². The predicted molar refractivity (Wildman–Crippen MR) is 147 cm³/mol. The Hall–Kier alpha value is -3.55. The summed E-state index contributed by atoms with van der Waals surface area (Å²) in [5, 5.41) is 6.11. The molecule has 1 amide bonds. The second kappa shape index (κ2) is 10.6. The number of halogens is 3. The summed E-state index contributed by atoms with van der Waals surface area (Å²) in [5.41, 5.74) is 4.30. The summed E-state index contributed by atoms with van der Waals surface area (Å²) in [6.45, 7) is 0.285. The van der Waals surface area contributed by atoms with Crippen LogP contribution in [0.25, 0.3) is 6.08 Å². The van der Waals surface area contributed by atoms with E-state index in [4.69, 9.17) is 4.74 Å². The van der Waals surface area contributed by atoms with Gasteiger partial charge in [0.05, 0.1) is 20.2 Å². The van der Waals surface area contributed by atoms with E-state index in [1.165, 1.54) is 17.1 Å². The molecule has 0 unspecified atom stereocenters. The van der Waals surface area contributed by atoms with E-state index in [1.54, 1.807) is 12.1 Å². The number of hydrogen-bond acceptors (Lipinski definition) is 3. The molecule has 7 heteroatoms. The van der Waals surface area contributed by atoms with E-state index >= 15 is 0 Å². The van der Waals surface area contributed by atoms with Gasteiger partial charge in [-0.25, -0.2) is 4.39 Å². The van der Waals surface area contributed by atoms with Crippen LogP contribution in [0.5, 0.6) is 5.75 Å². The highest BCUT2D eigenvalue weighted by atomic mass is 79.9. The van der Waals surface area contributed by atoms with Crippen molar-refractivity contribution in [1.29, 1.82) is 0 Å². The van der Waals surface area contributed by atoms with Gasteiger partial charge in [-0.15, -0.1) is 0 Å². The number of ether oxygens (including phenoxy) is 1. The third-order valence-corrected chi connectivity index (χ3v) is 6.73. The lowest BCUT2D eigenvalue weighted by Crippen LogP contribution is -2.21. The highest BCUT2D eigenvalue weighted by Crippen LogP contribution is 2.37. The zero-order valence-electron chi connectivity index (χ0n) is 18.9. The Morgan fingerprint density at radius 1 is 0.861 bits per heavy atom. The highest BCUT2D eigenvalue weighted by molar-refractivity contribution is 9.11. The van der Waals surface area contributed by atoms with Crippen molar-refractivity contribution < 1.29 is 13.9 Å². The van der Waals surface area contributed by atoms with Crippen LogP contribution in [0.2, 0.25) is 0 Å². The molecule has 0 saturated heterocycles. The Bertz CT molecular complexity index is 1450. The fourth-order valence-electron chi connectivity index (χ4n) is 3.80. The summed E-state index contributed by atoms with van der Waals surface area (Å²) in [6.07, 6.45) is 1.83. The first-order chi connectivity index (χ1) is 17.5. The van der Waals surface area contributed by atoms with Crippen LogP contribution in [0.1, 0.15) is 16.7 Å². The van der Waals surface area contributed by atoms with Crippen LogP contribution in [0.3, 0.4) is 0 Å². The predicted octanol–water partition coefficient (Wildman–Crippen LogP) is 7.76. The molecule has 1 heterocycles. The molecule has 1 aliphatic rings. The number of benzene rings is 4. The maximum Gasteiger partial charge on any atom is 0.281 e. The van der Waals surface area contributed by atoms with Crippen LogP contribution >= 0.6 is 31.9 Å². The fraction of sp³-hybridized carbons (Fsp3) is 0.0345. The fourth-order valence-corrected chi connectivity index (χ4v) is 5.25. The normalized spacial score (nSPS) is 14.3. The van der Waals surface area contributed by atoms with Crippen molar-refractivity contribution in [3.63, 3.8) is 0 Å². The van der Waals surface area contributed by atoms with E-state index < -0.39 is 0 Å². The number of rotatable bonds is 6. The lowest BCUT2D eigenvalue weighted by atomic mass is 10.0. The molecule has 1 aliphatic heterocycles. The van der Waals surface area contributed by atoms with Gasteiger partial charge in [0.25, 0.3) is 5.91 Å². The van der Waals surface area contributed by atoms with Crippen molar-refractivity contribution in [1.82, 2.24) is 0 Å². The largest absolute Gasteiger partial charge is 0.487 e. The number of carbonyl (C=O) groups excluding carboxylic acids is 1. The summed E-state index contributed by atoms with van der Waals surface area (Å²) in [5.74, 6) is 0.121. The minimum absolute atomic E-state index is 0.205. The third-order valence-electron chi connectivity index (χ3n) is 5.55. The molecule has 0 saturated carbocycles. The van der Waals surface area contributed by atoms with Crippen molar-refractivity contribution in [2.24, 2.45) is 5.10 Å². The van der Waals surface area contributed by atoms with E-state index in [0.717, 1.165) is 25.6 Å². The van der Waals surface area contributed by atoms with Crippen molar-refractivity contribution in [2.75, 3.05) is 5.01 Å². The number of para-hydroxylation sites is 1. The van der Waals surface area contributed by atoms with Crippen molar-refractivity contribution in [3.8, 4) is 5.75 Å². The first-order valence-electron chi connectivity index (χ1n) is 11.1. The average Bonchev–Trinajstić information content (AvgIpc) is 3.21. The maximum atomic E-state index is 13.5. The Morgan fingerprint density at radius 3 is 2.11 bits per heavy atom. The van der Waals surface area contributed by atoms with Gasteiger partial charge >= 0.3 is 0 Å². The summed E-state index contributed by atoms with van der Waals surface area (Å²) in [4.78, 5) is 13.5. The quantitative estimate of drug-likeness (QED) is 0.211. The second-order valence-electron chi connectivity index (χ2n) is 8.05. The second-order valence-corrected chi connectivity index (χ2v) is 9.76. The summed E-state index contributed by atoms with van der Waals surface area (Å²) in [7, 11) is 0. The van der Waals surface area contributed by atoms with E-state index in [-0.39, 0.29) is 18.3 Å². The van der Waals surface area contributed by atoms with Gasteiger partial charge in [-0.1, -0.05) is 60.7 Å². The molecule has 5 rings (SSSR count). The first kappa shape index (κ1) is 24.2. The van der Waals surface area contributed by atoms with Gasteiger partial charge in [-0.05, 0) is 85.5 Å². The number of amides is 1. The highest BCUT2D eigenvalue weighted by Gasteiger charge is 2.32. The minimum Gasteiger partial charge on any atom is -0.487 e. The Kier molecular flexibility index (Phi) is 7.11. The maximum absolute atomic E-state index is 13.5. The standard InChI is InChI=1S/C29H19Br2FN2O2/c30-25-16-20(17-26(31)28(25)36-18-19-11-13-22(32)14-12-19)15-24-27(21-7-3-1-4-8-21)33-34(29(24)35)23-9-5-2-6-10-23/h1-17H,18H2/b24-15-. The molecule has 0 fully saturated rings. The van der Waals surface area contributed by atoms with Crippen LogP contribution in [0.4, 0.5) is 10.1 Å². The molecule has 0 N–H and O–H groups in total. The molecule has 0 aliphatic carbocycles. The molecular formula is C29H19Br2FN2O2. The number of anilines is 1. The van der Waals surface area contributed by atoms with Crippen LogP contribution in [0.15, 0.2) is 117 Å². The number of nitrogens with zero attached hydrogens (tertiary/aromatic N) is 2. The van der Waals surface area contributed by atoms with Crippen LogP contribution < -0.4 is 9.75 Å². The van der Waals surface area contributed by atoms with E-state index in [0.29, 0.717) is 22.7 Å². The molecule has 4 aromatic carbocycles. The van der Waals surface area contributed by atoms with Gasteiger partial charge in [0.1, 0.15) is 23.9 Å². The molecule has 178 valence electrons. The number of hydrogen-bond donors (Lipinski definition) is 0. The average molecular weight is 606 g/mol. The summed E-state index contributed by atoms with van der Waals surface area (Å²) < 4.78 is 20.6. The topological polar surface area (TPSA) is 41.9 Å². The summed E-state index contributed by atoms with van der Waals surface area (Å²) in [6, 6.07) is 29.0. The molecular weight excluding hydrogens is 587 g/mol. The Balaban J connectivity index is 1.47. The van der Waals surface area contributed by atoms with E-state index in [1.807, 2.05) is 78.9 Å². The minimum atomic E-state index is -0.288. The molecule has 4 nitrogen and oxygen atoms in total. The zero-order valence-corrected chi connectivity index (χ0v) is 22.0. The number of hydrazone groups is 1. The third kappa shape index (κ3) is 5.17. The summed E-state index contributed by atoms with van der Waals surface area (Å²) >= 11 is 7.17. The Labute approximate surface area is 225 Å². The van der Waals surface area contributed by atoms with Crippen LogP contribution in [-0.2, 0) is 11.4 Å². The van der Waals surface area contributed by atoms with Gasteiger partial charge in [0.2, 0.25) is 0 Å². The lowest BCUT2D eigenvalue weighted by Gasteiger charge is -2.12. The van der Waals surface area contributed by atoms with Gasteiger partial charge in [0.15, 0.2) is 0 Å². The monoisotopic (exact) mass is 604 g/mol. The SMILES string of the molecule is O=C1/C(=C\c2cc(Br)c(OCc3ccc(F)cc3)c(Br)c2)C(c2ccccc2)=NN1c1ccccc1. The molecule has 0 spiro atoms. The van der Waals surface area contributed by atoms with Gasteiger partial charge < -0.3 is 4.74 Å². The van der Waals surface area contributed by atoms with E-state index in [2.05, 4.69) is 37.0 Å². The molecule has 0 aromatic heterocycles. The molecule has 4 aromatic rings. The molecule has 0 bridgehead atoms. The van der Waals surface area contributed by atoms with Crippen molar-refractivity contribution in [3.05, 3.63) is 134 Å². The van der Waals surface area contributed by atoms with Crippen molar-refractivity contribution >= 4 is 55.2 Å². The van der Waals surface area contributed by atoms with Crippen LogP contribution in [-0.4, -0.2) is 11.6 Å². The first-order valence-corrected chi connectivity index (χ1v) is 12.7. The zero-order chi connectivity index (χ0) is 25.1. The lowest BCUT2D eigenvalue weighted by molar-refractivity contribution is -0.114. The smallest absolute Gasteiger partial charge is 0.281 e. The van der Waals surface area contributed by atoms with Crippen LogP contribution in [0, 0.1) is 5.82 Å². The van der Waals surface area contributed by atoms with E-state index in [9.17, 15) is 9.18 Å². The van der Waals surface area contributed by atoms with Gasteiger partial charge in [0, 0.05) is 5.56 Å².